The molecule has 0 amide bonds. The van der Waals surface area contributed by atoms with Gasteiger partial charge in [0.2, 0.25) is 0 Å². The number of ether oxygens (including phenoxy) is 1. The van der Waals surface area contributed by atoms with E-state index in [0.717, 1.165) is 18.7 Å². The number of rotatable bonds is 7. The molecular weight excluding hydrogens is 222 g/mol. The molecule has 18 heavy (non-hydrogen) atoms. The quantitative estimate of drug-likeness (QED) is 0.798. The van der Waals surface area contributed by atoms with Gasteiger partial charge in [0.15, 0.2) is 0 Å². The molecule has 2 heteroatoms. The van der Waals surface area contributed by atoms with Crippen LogP contribution in [0.3, 0.4) is 0 Å². The Bertz CT molecular complexity index is 329. The average molecular weight is 249 g/mol. The van der Waals surface area contributed by atoms with E-state index in [1.165, 1.54) is 5.56 Å². The van der Waals surface area contributed by atoms with Crippen LogP contribution in [0.5, 0.6) is 5.75 Å². The van der Waals surface area contributed by atoms with Crippen molar-refractivity contribution in [3.8, 4) is 5.75 Å². The first kappa shape index (κ1) is 15.0. The van der Waals surface area contributed by atoms with Crippen LogP contribution < -0.4 is 10.1 Å². The topological polar surface area (TPSA) is 21.3 Å². The molecule has 1 atom stereocenters. The van der Waals surface area contributed by atoms with Gasteiger partial charge in [-0.2, -0.15) is 0 Å². The molecule has 1 unspecified atom stereocenters. The summed E-state index contributed by atoms with van der Waals surface area (Å²) in [6.45, 7) is 9.75. The highest BCUT2D eigenvalue weighted by Crippen LogP contribution is 2.19. The molecular formula is C16H27NO. The molecule has 102 valence electrons. The Labute approximate surface area is 112 Å². The third-order valence-corrected chi connectivity index (χ3v) is 3.20. The summed E-state index contributed by atoms with van der Waals surface area (Å²) < 4.78 is 5.66. The van der Waals surface area contributed by atoms with Crippen LogP contribution in [-0.4, -0.2) is 19.7 Å². The van der Waals surface area contributed by atoms with Crippen molar-refractivity contribution in [3.05, 3.63) is 29.8 Å². The van der Waals surface area contributed by atoms with Gasteiger partial charge in [-0.05, 0) is 63.4 Å². The van der Waals surface area contributed by atoms with Gasteiger partial charge in [0.05, 0.1) is 6.10 Å². The molecule has 0 saturated heterocycles. The van der Waals surface area contributed by atoms with E-state index in [9.17, 15) is 0 Å². The van der Waals surface area contributed by atoms with Crippen LogP contribution in [0.1, 0.15) is 33.3 Å². The van der Waals surface area contributed by atoms with Crippen molar-refractivity contribution in [2.75, 3.05) is 13.6 Å². The van der Waals surface area contributed by atoms with Crippen LogP contribution >= 0.6 is 0 Å². The molecule has 0 bridgehead atoms. The Morgan fingerprint density at radius 3 is 2.11 bits per heavy atom. The molecule has 0 aromatic heterocycles. The van der Waals surface area contributed by atoms with E-state index in [0.29, 0.717) is 11.8 Å². The zero-order chi connectivity index (χ0) is 13.5. The third-order valence-electron chi connectivity index (χ3n) is 3.20. The summed E-state index contributed by atoms with van der Waals surface area (Å²) in [7, 11) is 2.02. The molecule has 0 saturated carbocycles. The van der Waals surface area contributed by atoms with Crippen LogP contribution in [0.2, 0.25) is 0 Å². The summed E-state index contributed by atoms with van der Waals surface area (Å²) in [6, 6.07) is 8.52. The van der Waals surface area contributed by atoms with Crippen molar-refractivity contribution in [3.63, 3.8) is 0 Å². The molecule has 1 rings (SSSR count). The highest BCUT2D eigenvalue weighted by molar-refractivity contribution is 5.27. The van der Waals surface area contributed by atoms with Crippen molar-refractivity contribution in [1.29, 1.82) is 0 Å². The fourth-order valence-corrected chi connectivity index (χ4v) is 2.08. The lowest BCUT2D eigenvalue weighted by Gasteiger charge is -2.20. The van der Waals surface area contributed by atoms with Crippen LogP contribution in [0.25, 0.3) is 0 Å². The van der Waals surface area contributed by atoms with E-state index in [2.05, 4.69) is 57.3 Å². The molecule has 1 aromatic carbocycles. The second-order valence-electron chi connectivity index (χ2n) is 5.58. The molecule has 0 spiro atoms. The molecule has 0 fully saturated rings. The van der Waals surface area contributed by atoms with E-state index < -0.39 is 0 Å². The summed E-state index contributed by atoms with van der Waals surface area (Å²) in [5.74, 6) is 2.35. The van der Waals surface area contributed by atoms with Gasteiger partial charge in [-0.1, -0.05) is 26.0 Å². The molecule has 0 aliphatic heterocycles. The van der Waals surface area contributed by atoms with E-state index in [-0.39, 0.29) is 6.10 Å². The maximum Gasteiger partial charge on any atom is 0.119 e. The molecule has 0 aliphatic rings. The minimum Gasteiger partial charge on any atom is -0.491 e. The molecule has 1 N–H and O–H groups in total. The molecule has 0 aliphatic carbocycles. The highest BCUT2D eigenvalue weighted by Gasteiger charge is 2.13. The number of nitrogens with one attached hydrogen (secondary N) is 1. The first-order valence-corrected chi connectivity index (χ1v) is 6.93. The van der Waals surface area contributed by atoms with Crippen molar-refractivity contribution >= 4 is 0 Å². The summed E-state index contributed by atoms with van der Waals surface area (Å²) in [5.41, 5.74) is 1.39. The summed E-state index contributed by atoms with van der Waals surface area (Å²) in [4.78, 5) is 0. The SMILES string of the molecule is CNCC(Cc1ccc(OC(C)C)cc1)C(C)C. The highest BCUT2D eigenvalue weighted by atomic mass is 16.5. The average Bonchev–Trinajstić information content (AvgIpc) is 2.30. The fraction of sp³-hybridized carbons (Fsp3) is 0.625. The standard InChI is InChI=1S/C16H27NO/c1-12(2)15(11-17-5)10-14-6-8-16(9-7-14)18-13(3)4/h6-9,12-13,15,17H,10-11H2,1-5H3. The van der Waals surface area contributed by atoms with Gasteiger partial charge in [0.25, 0.3) is 0 Å². The summed E-state index contributed by atoms with van der Waals surface area (Å²) in [5, 5.41) is 3.28. The van der Waals surface area contributed by atoms with Crippen LogP contribution in [-0.2, 0) is 6.42 Å². The van der Waals surface area contributed by atoms with Gasteiger partial charge < -0.3 is 10.1 Å². The largest absolute Gasteiger partial charge is 0.491 e. The zero-order valence-corrected chi connectivity index (χ0v) is 12.4. The minimum atomic E-state index is 0.239. The van der Waals surface area contributed by atoms with Gasteiger partial charge in [0, 0.05) is 0 Å². The Hall–Kier alpha value is -1.02. The molecule has 2 nitrogen and oxygen atoms in total. The molecule has 1 aromatic rings. The Morgan fingerprint density at radius 2 is 1.67 bits per heavy atom. The second kappa shape index (κ2) is 7.42. The van der Waals surface area contributed by atoms with Crippen molar-refractivity contribution in [2.24, 2.45) is 11.8 Å². The van der Waals surface area contributed by atoms with E-state index in [4.69, 9.17) is 4.74 Å². The number of benzene rings is 1. The lowest BCUT2D eigenvalue weighted by molar-refractivity contribution is 0.242. The predicted molar refractivity (Wildman–Crippen MR) is 78.2 cm³/mol. The van der Waals surface area contributed by atoms with Gasteiger partial charge in [0.1, 0.15) is 5.75 Å². The van der Waals surface area contributed by atoms with E-state index in [1.54, 1.807) is 0 Å². The van der Waals surface area contributed by atoms with Gasteiger partial charge in [-0.25, -0.2) is 0 Å². The Morgan fingerprint density at radius 1 is 1.06 bits per heavy atom. The zero-order valence-electron chi connectivity index (χ0n) is 12.4. The number of hydrogen-bond acceptors (Lipinski definition) is 2. The van der Waals surface area contributed by atoms with Crippen molar-refractivity contribution < 1.29 is 4.74 Å². The normalized spacial score (nSPS) is 13.1. The lowest BCUT2D eigenvalue weighted by atomic mass is 9.89. The minimum absolute atomic E-state index is 0.239. The predicted octanol–water partition coefficient (Wildman–Crippen LogP) is 3.51. The third kappa shape index (κ3) is 5.09. The summed E-state index contributed by atoms with van der Waals surface area (Å²) in [6.07, 6.45) is 1.36. The maximum atomic E-state index is 5.66. The van der Waals surface area contributed by atoms with Crippen LogP contribution in [0, 0.1) is 11.8 Å². The van der Waals surface area contributed by atoms with E-state index in [1.807, 2.05) is 7.05 Å². The Kier molecular flexibility index (Phi) is 6.20. The van der Waals surface area contributed by atoms with Crippen LogP contribution in [0.15, 0.2) is 24.3 Å². The Balaban J connectivity index is 2.61. The smallest absolute Gasteiger partial charge is 0.119 e. The van der Waals surface area contributed by atoms with Crippen molar-refractivity contribution in [2.45, 2.75) is 40.2 Å². The van der Waals surface area contributed by atoms with E-state index >= 15 is 0 Å². The molecule has 0 radical (unpaired) electrons. The first-order valence-electron chi connectivity index (χ1n) is 6.93. The lowest BCUT2D eigenvalue weighted by Crippen LogP contribution is -2.25. The first-order chi connectivity index (χ1) is 8.52. The number of hydrogen-bond donors (Lipinski definition) is 1. The van der Waals surface area contributed by atoms with Crippen molar-refractivity contribution in [1.82, 2.24) is 5.32 Å². The van der Waals surface area contributed by atoms with Gasteiger partial charge in [-0.3, -0.25) is 0 Å². The van der Waals surface area contributed by atoms with Gasteiger partial charge in [-0.15, -0.1) is 0 Å². The summed E-state index contributed by atoms with van der Waals surface area (Å²) >= 11 is 0. The van der Waals surface area contributed by atoms with Crippen LogP contribution in [0.4, 0.5) is 0 Å². The fourth-order valence-electron chi connectivity index (χ4n) is 2.08. The monoisotopic (exact) mass is 249 g/mol. The maximum absolute atomic E-state index is 5.66. The van der Waals surface area contributed by atoms with Gasteiger partial charge >= 0.3 is 0 Å². The second-order valence-corrected chi connectivity index (χ2v) is 5.58. The molecule has 0 heterocycles.